The van der Waals surface area contributed by atoms with Crippen LogP contribution in [0.15, 0.2) is 16.8 Å². The summed E-state index contributed by atoms with van der Waals surface area (Å²) in [4.78, 5) is 14.3. The monoisotopic (exact) mass is 266 g/mol. The van der Waals surface area contributed by atoms with Gasteiger partial charge >= 0.3 is 0 Å². The maximum atomic E-state index is 12.3. The molecule has 2 N–H and O–H groups in total. The quantitative estimate of drug-likeness (QED) is 0.860. The van der Waals surface area contributed by atoms with E-state index in [1.54, 1.807) is 11.3 Å². The molecular weight excluding hydrogens is 244 g/mol. The largest absolute Gasteiger partial charge is 0.335 e. The standard InChI is InChI=1S/C14H22N2OS/c1-14(2,15)7-5-13(17)16(12-3-4-12)9-11-6-8-18-10-11/h6,8,10,12H,3-5,7,9,15H2,1-2H3. The van der Waals surface area contributed by atoms with Crippen molar-refractivity contribution in [3.8, 4) is 0 Å². The molecule has 0 bridgehead atoms. The summed E-state index contributed by atoms with van der Waals surface area (Å²) in [5.74, 6) is 0.252. The number of hydrogen-bond acceptors (Lipinski definition) is 3. The van der Waals surface area contributed by atoms with Gasteiger partial charge in [-0.15, -0.1) is 0 Å². The van der Waals surface area contributed by atoms with Gasteiger partial charge in [-0.05, 0) is 55.5 Å². The summed E-state index contributed by atoms with van der Waals surface area (Å²) in [7, 11) is 0. The van der Waals surface area contributed by atoms with E-state index in [0.29, 0.717) is 12.5 Å². The molecule has 4 heteroatoms. The van der Waals surface area contributed by atoms with Crippen LogP contribution in [0.2, 0.25) is 0 Å². The Morgan fingerprint density at radius 1 is 1.56 bits per heavy atom. The molecule has 1 aliphatic carbocycles. The van der Waals surface area contributed by atoms with E-state index in [-0.39, 0.29) is 11.4 Å². The predicted octanol–water partition coefficient (Wildman–Crippen LogP) is 2.76. The highest BCUT2D eigenvalue weighted by molar-refractivity contribution is 7.07. The van der Waals surface area contributed by atoms with Crippen LogP contribution in [0.1, 0.15) is 45.1 Å². The zero-order valence-corrected chi connectivity index (χ0v) is 12.0. The molecule has 1 heterocycles. The van der Waals surface area contributed by atoms with Crippen LogP contribution < -0.4 is 5.73 Å². The Kier molecular flexibility index (Phi) is 4.07. The number of carbonyl (C=O) groups excluding carboxylic acids is 1. The number of carbonyl (C=O) groups is 1. The second kappa shape index (κ2) is 5.41. The first kappa shape index (κ1) is 13.6. The second-order valence-electron chi connectivity index (χ2n) is 5.87. The lowest BCUT2D eigenvalue weighted by Gasteiger charge is -2.24. The SMILES string of the molecule is CC(C)(N)CCC(=O)N(Cc1ccsc1)C1CC1. The number of rotatable bonds is 6. The molecule has 1 aromatic rings. The number of hydrogen-bond donors (Lipinski definition) is 1. The highest BCUT2D eigenvalue weighted by atomic mass is 32.1. The molecule has 18 heavy (non-hydrogen) atoms. The number of thiophene rings is 1. The van der Waals surface area contributed by atoms with Crippen molar-refractivity contribution in [2.75, 3.05) is 0 Å². The van der Waals surface area contributed by atoms with Gasteiger partial charge in [0.25, 0.3) is 0 Å². The van der Waals surface area contributed by atoms with E-state index in [9.17, 15) is 4.79 Å². The van der Waals surface area contributed by atoms with E-state index in [1.807, 2.05) is 18.7 Å². The van der Waals surface area contributed by atoms with Crippen molar-refractivity contribution in [2.45, 2.75) is 57.7 Å². The van der Waals surface area contributed by atoms with Crippen molar-refractivity contribution in [3.63, 3.8) is 0 Å². The molecule has 0 unspecified atom stereocenters. The molecule has 0 atom stereocenters. The van der Waals surface area contributed by atoms with Crippen LogP contribution in [0.25, 0.3) is 0 Å². The Morgan fingerprint density at radius 2 is 2.28 bits per heavy atom. The van der Waals surface area contributed by atoms with Crippen LogP contribution in [0.3, 0.4) is 0 Å². The van der Waals surface area contributed by atoms with Gasteiger partial charge in [0, 0.05) is 24.5 Å². The molecule has 1 saturated carbocycles. The van der Waals surface area contributed by atoms with Gasteiger partial charge in [-0.2, -0.15) is 11.3 Å². The summed E-state index contributed by atoms with van der Waals surface area (Å²) >= 11 is 1.69. The zero-order chi connectivity index (χ0) is 13.2. The van der Waals surface area contributed by atoms with Crippen LogP contribution in [0, 0.1) is 0 Å². The summed E-state index contributed by atoms with van der Waals surface area (Å²) in [5.41, 5.74) is 6.93. The molecule has 0 saturated heterocycles. The zero-order valence-electron chi connectivity index (χ0n) is 11.2. The van der Waals surface area contributed by atoms with E-state index in [1.165, 1.54) is 5.56 Å². The summed E-state index contributed by atoms with van der Waals surface area (Å²) in [5, 5.41) is 4.18. The van der Waals surface area contributed by atoms with Crippen LogP contribution >= 0.6 is 11.3 Å². The average Bonchev–Trinajstić information content (AvgIpc) is 2.99. The first-order valence-corrected chi connectivity index (χ1v) is 7.49. The number of nitrogens with two attached hydrogens (primary N) is 1. The smallest absolute Gasteiger partial charge is 0.223 e. The van der Waals surface area contributed by atoms with Gasteiger partial charge in [0.2, 0.25) is 5.91 Å². The van der Waals surface area contributed by atoms with E-state index in [0.717, 1.165) is 25.8 Å². The van der Waals surface area contributed by atoms with Crippen LogP contribution in [-0.2, 0) is 11.3 Å². The predicted molar refractivity (Wildman–Crippen MR) is 75.4 cm³/mol. The van der Waals surface area contributed by atoms with Crippen molar-refractivity contribution < 1.29 is 4.79 Å². The fourth-order valence-electron chi connectivity index (χ4n) is 1.96. The highest BCUT2D eigenvalue weighted by Crippen LogP contribution is 2.29. The normalized spacial score (nSPS) is 15.7. The Bertz CT molecular complexity index is 390. The molecule has 1 aromatic heterocycles. The third-order valence-electron chi connectivity index (χ3n) is 3.22. The molecule has 1 fully saturated rings. The maximum Gasteiger partial charge on any atom is 0.223 e. The Balaban J connectivity index is 1.91. The van der Waals surface area contributed by atoms with E-state index < -0.39 is 0 Å². The van der Waals surface area contributed by atoms with Gasteiger partial charge in [0.05, 0.1) is 0 Å². The van der Waals surface area contributed by atoms with Gasteiger partial charge in [0.15, 0.2) is 0 Å². The molecule has 100 valence electrons. The second-order valence-corrected chi connectivity index (χ2v) is 6.65. The fourth-order valence-corrected chi connectivity index (χ4v) is 2.62. The molecular formula is C14H22N2OS. The molecule has 3 nitrogen and oxygen atoms in total. The molecule has 1 aliphatic rings. The average molecular weight is 266 g/mol. The minimum atomic E-state index is -0.257. The summed E-state index contributed by atoms with van der Waals surface area (Å²) in [6.07, 6.45) is 3.62. The summed E-state index contributed by atoms with van der Waals surface area (Å²) in [6.45, 7) is 4.71. The van der Waals surface area contributed by atoms with Gasteiger partial charge in [-0.1, -0.05) is 0 Å². The highest BCUT2D eigenvalue weighted by Gasteiger charge is 2.32. The van der Waals surface area contributed by atoms with Gasteiger partial charge in [0.1, 0.15) is 0 Å². The fraction of sp³-hybridized carbons (Fsp3) is 0.643. The van der Waals surface area contributed by atoms with Crippen molar-refractivity contribution in [3.05, 3.63) is 22.4 Å². The van der Waals surface area contributed by atoms with Crippen LogP contribution in [-0.4, -0.2) is 22.4 Å². The van der Waals surface area contributed by atoms with Crippen molar-refractivity contribution in [1.82, 2.24) is 4.90 Å². The molecule has 0 radical (unpaired) electrons. The molecule has 2 rings (SSSR count). The number of amides is 1. The lowest BCUT2D eigenvalue weighted by atomic mass is 9.99. The van der Waals surface area contributed by atoms with Gasteiger partial charge in [-0.3, -0.25) is 4.79 Å². The van der Waals surface area contributed by atoms with E-state index >= 15 is 0 Å². The minimum Gasteiger partial charge on any atom is -0.335 e. The first-order valence-electron chi connectivity index (χ1n) is 6.55. The van der Waals surface area contributed by atoms with E-state index in [4.69, 9.17) is 5.73 Å². The minimum absolute atomic E-state index is 0.252. The Hall–Kier alpha value is -0.870. The van der Waals surface area contributed by atoms with Gasteiger partial charge in [-0.25, -0.2) is 0 Å². The van der Waals surface area contributed by atoms with Crippen molar-refractivity contribution in [2.24, 2.45) is 5.73 Å². The third-order valence-corrected chi connectivity index (χ3v) is 3.96. The van der Waals surface area contributed by atoms with Crippen LogP contribution in [0.4, 0.5) is 0 Å². The molecule has 0 aliphatic heterocycles. The lowest BCUT2D eigenvalue weighted by molar-refractivity contribution is -0.132. The number of nitrogens with zero attached hydrogens (tertiary/aromatic N) is 1. The lowest BCUT2D eigenvalue weighted by Crippen LogP contribution is -2.37. The molecule has 1 amide bonds. The van der Waals surface area contributed by atoms with Crippen molar-refractivity contribution in [1.29, 1.82) is 0 Å². The summed E-state index contributed by atoms with van der Waals surface area (Å²) in [6, 6.07) is 2.57. The molecule has 0 spiro atoms. The van der Waals surface area contributed by atoms with E-state index in [2.05, 4.69) is 16.8 Å². The van der Waals surface area contributed by atoms with Gasteiger partial charge < -0.3 is 10.6 Å². The Morgan fingerprint density at radius 3 is 2.78 bits per heavy atom. The topological polar surface area (TPSA) is 46.3 Å². The summed E-state index contributed by atoms with van der Waals surface area (Å²) < 4.78 is 0. The van der Waals surface area contributed by atoms with Crippen LogP contribution in [0.5, 0.6) is 0 Å². The molecule has 0 aromatic carbocycles. The van der Waals surface area contributed by atoms with Crippen molar-refractivity contribution >= 4 is 17.2 Å². The third kappa shape index (κ3) is 4.10. The first-order chi connectivity index (χ1) is 8.46. The maximum absolute atomic E-state index is 12.3. The Labute approximate surface area is 113 Å².